The van der Waals surface area contributed by atoms with Crippen LogP contribution in [0.15, 0.2) is 34.7 Å². The Balaban J connectivity index is 2.72. The molecule has 23 heavy (non-hydrogen) atoms. The van der Waals surface area contributed by atoms with Gasteiger partial charge in [-0.1, -0.05) is 0 Å². The Morgan fingerprint density at radius 1 is 1.04 bits per heavy atom. The van der Waals surface area contributed by atoms with Gasteiger partial charge in [0.25, 0.3) is 0 Å². The summed E-state index contributed by atoms with van der Waals surface area (Å²) in [5, 5.41) is 32.2. The number of nitrogens with one attached hydrogen (secondary N) is 1. The minimum atomic E-state index is -0.558. The van der Waals surface area contributed by atoms with Gasteiger partial charge in [0.2, 0.25) is 5.75 Å². The first-order valence-corrected chi connectivity index (χ1v) is 6.92. The summed E-state index contributed by atoms with van der Waals surface area (Å²) in [7, 11) is 2.89. The van der Waals surface area contributed by atoms with E-state index in [1.165, 1.54) is 20.3 Å². The predicted molar refractivity (Wildman–Crippen MR) is 83.7 cm³/mol. The third-order valence-electron chi connectivity index (χ3n) is 3.82. The van der Waals surface area contributed by atoms with Crippen LogP contribution in [-0.4, -0.2) is 19.3 Å². The van der Waals surface area contributed by atoms with Crippen molar-refractivity contribution >= 4 is 0 Å². The van der Waals surface area contributed by atoms with Gasteiger partial charge >= 0.3 is 0 Å². The number of ether oxygens (including phenoxy) is 2. The van der Waals surface area contributed by atoms with Crippen LogP contribution < -0.4 is 14.8 Å². The fourth-order valence-corrected chi connectivity index (χ4v) is 2.76. The lowest BCUT2D eigenvalue weighted by atomic mass is 9.81. The minimum absolute atomic E-state index is 0.106. The molecule has 0 saturated carbocycles. The fraction of sp³-hybridized carbons (Fsp3) is 0.294. The molecule has 1 aliphatic heterocycles. The molecule has 0 radical (unpaired) electrons. The number of hydrogen-bond donors (Lipinski definition) is 2. The average molecular weight is 311 g/mol. The van der Waals surface area contributed by atoms with Crippen LogP contribution in [-0.2, 0) is 0 Å². The van der Waals surface area contributed by atoms with Gasteiger partial charge in [0, 0.05) is 11.4 Å². The van der Waals surface area contributed by atoms with Gasteiger partial charge in [0.1, 0.15) is 0 Å². The zero-order valence-corrected chi connectivity index (χ0v) is 13.4. The lowest BCUT2D eigenvalue weighted by Gasteiger charge is -2.26. The number of phenols is 1. The monoisotopic (exact) mass is 311 g/mol. The van der Waals surface area contributed by atoms with Crippen molar-refractivity contribution in [2.24, 2.45) is 0 Å². The van der Waals surface area contributed by atoms with E-state index in [1.54, 1.807) is 19.9 Å². The maximum Gasteiger partial charge on any atom is 0.203 e. The Morgan fingerprint density at radius 2 is 1.61 bits per heavy atom. The van der Waals surface area contributed by atoms with Gasteiger partial charge in [-0.05, 0) is 31.5 Å². The summed E-state index contributed by atoms with van der Waals surface area (Å²) in [6, 6.07) is 7.46. The summed E-state index contributed by atoms with van der Waals surface area (Å²) >= 11 is 0. The molecular weight excluding hydrogens is 294 g/mol. The van der Waals surface area contributed by atoms with Crippen molar-refractivity contribution in [3.63, 3.8) is 0 Å². The number of aromatic hydroxyl groups is 1. The molecule has 0 atom stereocenters. The molecule has 0 aromatic heterocycles. The number of methoxy groups -OCH3 is 2. The molecule has 1 heterocycles. The summed E-state index contributed by atoms with van der Waals surface area (Å²) in [6.07, 6.45) is 0. The van der Waals surface area contributed by atoms with Crippen molar-refractivity contribution in [3.05, 3.63) is 40.2 Å². The number of nitrogens with zero attached hydrogens (tertiary/aromatic N) is 2. The molecule has 0 aliphatic carbocycles. The van der Waals surface area contributed by atoms with Crippen LogP contribution in [0.3, 0.4) is 0 Å². The number of allylic oxidation sites excluding steroid dienone is 4. The van der Waals surface area contributed by atoms with Crippen molar-refractivity contribution in [2.75, 3.05) is 14.2 Å². The van der Waals surface area contributed by atoms with Crippen LogP contribution in [0.5, 0.6) is 17.2 Å². The number of rotatable bonds is 3. The van der Waals surface area contributed by atoms with Crippen LogP contribution in [0.2, 0.25) is 0 Å². The highest BCUT2D eigenvalue weighted by Crippen LogP contribution is 2.44. The molecule has 6 nitrogen and oxygen atoms in total. The Hall–Kier alpha value is -3.12. The highest BCUT2D eigenvalue weighted by molar-refractivity contribution is 5.60. The first-order chi connectivity index (χ1) is 11.0. The summed E-state index contributed by atoms with van der Waals surface area (Å²) in [4.78, 5) is 0. The second-order valence-corrected chi connectivity index (χ2v) is 5.13. The maximum atomic E-state index is 10.2. The van der Waals surface area contributed by atoms with Crippen LogP contribution in [0.4, 0.5) is 0 Å². The van der Waals surface area contributed by atoms with E-state index in [4.69, 9.17) is 9.47 Å². The molecule has 0 bridgehead atoms. The van der Waals surface area contributed by atoms with Crippen LogP contribution in [0.25, 0.3) is 0 Å². The number of hydrogen-bond acceptors (Lipinski definition) is 6. The number of dihydropyridines is 1. The molecule has 1 aromatic rings. The average Bonchev–Trinajstić information content (AvgIpc) is 2.53. The third-order valence-corrected chi connectivity index (χ3v) is 3.82. The molecule has 118 valence electrons. The normalized spacial score (nSPS) is 14.9. The van der Waals surface area contributed by atoms with Gasteiger partial charge in [-0.15, -0.1) is 0 Å². The van der Waals surface area contributed by atoms with Crippen molar-refractivity contribution in [1.29, 1.82) is 10.5 Å². The lowest BCUT2D eigenvalue weighted by Crippen LogP contribution is -2.23. The zero-order chi connectivity index (χ0) is 17.1. The summed E-state index contributed by atoms with van der Waals surface area (Å²) in [5.74, 6) is -0.114. The van der Waals surface area contributed by atoms with E-state index in [-0.39, 0.29) is 11.5 Å². The Morgan fingerprint density at radius 3 is 2.04 bits per heavy atom. The molecule has 1 aliphatic rings. The summed E-state index contributed by atoms with van der Waals surface area (Å²) in [6.45, 7) is 3.56. The second-order valence-electron chi connectivity index (χ2n) is 5.13. The fourth-order valence-electron chi connectivity index (χ4n) is 2.76. The summed E-state index contributed by atoms with van der Waals surface area (Å²) < 4.78 is 10.4. The molecule has 0 saturated heterocycles. The molecule has 1 aromatic carbocycles. The quantitative estimate of drug-likeness (QED) is 0.890. The van der Waals surface area contributed by atoms with Gasteiger partial charge in [-0.25, -0.2) is 0 Å². The van der Waals surface area contributed by atoms with Crippen LogP contribution >= 0.6 is 0 Å². The molecule has 6 heteroatoms. The summed E-state index contributed by atoms with van der Waals surface area (Å²) in [5.41, 5.74) is 2.82. The van der Waals surface area contributed by atoms with Crippen LogP contribution in [0, 0.1) is 22.7 Å². The highest BCUT2D eigenvalue weighted by atomic mass is 16.5. The molecular formula is C17H17N3O3. The first kappa shape index (κ1) is 16.3. The first-order valence-electron chi connectivity index (χ1n) is 6.92. The van der Waals surface area contributed by atoms with Crippen molar-refractivity contribution in [1.82, 2.24) is 5.32 Å². The topological polar surface area (TPSA) is 98.3 Å². The van der Waals surface area contributed by atoms with E-state index in [0.29, 0.717) is 33.9 Å². The molecule has 0 spiro atoms. The molecule has 2 rings (SSSR count). The number of phenolic OH excluding ortho intramolecular Hbond substituents is 1. The standard InChI is InChI=1S/C17H17N3O3/c1-9-12(7-18)16(13(8-19)10(2)20-9)11-5-14(21)17(23-4)15(6-11)22-3/h5-6,16,20-21H,1-4H3. The maximum absolute atomic E-state index is 10.2. The Bertz CT molecular complexity index is 759. The number of benzene rings is 1. The van der Waals surface area contributed by atoms with E-state index in [1.807, 2.05) is 0 Å². The van der Waals surface area contributed by atoms with Crippen LogP contribution in [0.1, 0.15) is 25.3 Å². The van der Waals surface area contributed by atoms with E-state index in [2.05, 4.69) is 17.5 Å². The van der Waals surface area contributed by atoms with E-state index >= 15 is 0 Å². The van der Waals surface area contributed by atoms with Gasteiger partial charge in [0.15, 0.2) is 11.5 Å². The van der Waals surface area contributed by atoms with Crippen molar-refractivity contribution in [3.8, 4) is 29.4 Å². The zero-order valence-electron chi connectivity index (χ0n) is 13.4. The third kappa shape index (κ3) is 2.67. The van der Waals surface area contributed by atoms with E-state index in [9.17, 15) is 15.6 Å². The van der Waals surface area contributed by atoms with Gasteiger partial charge < -0.3 is 19.9 Å². The molecule has 2 N–H and O–H groups in total. The number of nitriles is 2. The van der Waals surface area contributed by atoms with Gasteiger partial charge in [0.05, 0.1) is 43.4 Å². The predicted octanol–water partition coefficient (Wildman–Crippen LogP) is 2.69. The Kier molecular flexibility index (Phi) is 4.47. The molecule has 0 amide bonds. The molecule has 0 fully saturated rings. The minimum Gasteiger partial charge on any atom is -0.504 e. The highest BCUT2D eigenvalue weighted by Gasteiger charge is 2.30. The van der Waals surface area contributed by atoms with E-state index < -0.39 is 5.92 Å². The van der Waals surface area contributed by atoms with E-state index in [0.717, 1.165) is 0 Å². The smallest absolute Gasteiger partial charge is 0.203 e. The van der Waals surface area contributed by atoms with Crippen molar-refractivity contribution < 1.29 is 14.6 Å². The second kappa shape index (κ2) is 6.33. The molecule has 0 unspecified atom stereocenters. The van der Waals surface area contributed by atoms with Crippen molar-refractivity contribution in [2.45, 2.75) is 19.8 Å². The SMILES string of the molecule is COc1cc(C2C(C#N)=C(C)NC(C)=C2C#N)cc(O)c1OC. The van der Waals surface area contributed by atoms with Gasteiger partial charge in [-0.3, -0.25) is 0 Å². The van der Waals surface area contributed by atoms with Gasteiger partial charge in [-0.2, -0.15) is 10.5 Å². The lowest BCUT2D eigenvalue weighted by molar-refractivity contribution is 0.332. The largest absolute Gasteiger partial charge is 0.504 e. The Labute approximate surface area is 134 Å².